The number of alkyl halides is 4. The second-order valence-corrected chi connectivity index (χ2v) is 3.95. The Hall–Kier alpha value is -0.590. The maximum absolute atomic E-state index is 12.5. The number of hydrogen-bond donors (Lipinski definition) is 0. The van der Waals surface area contributed by atoms with Crippen molar-refractivity contribution in [2.45, 2.75) is 19.0 Å². The van der Waals surface area contributed by atoms with Gasteiger partial charge in [0.25, 0.3) is 0 Å². The van der Waals surface area contributed by atoms with E-state index in [4.69, 9.17) is 23.2 Å². The van der Waals surface area contributed by atoms with Crippen LogP contribution in [0.15, 0.2) is 12.3 Å². The number of rotatable bonds is 5. The van der Waals surface area contributed by atoms with Gasteiger partial charge in [-0.3, -0.25) is 0 Å². The lowest BCUT2D eigenvalue weighted by Crippen LogP contribution is -2.32. The molecule has 8 heteroatoms. The second kappa shape index (κ2) is 5.84. The van der Waals surface area contributed by atoms with E-state index in [9.17, 15) is 17.6 Å². The van der Waals surface area contributed by atoms with E-state index in [-0.39, 0.29) is 16.8 Å². The Balaban J connectivity index is 2.51. The normalized spacial score (nSPS) is 12.2. The minimum absolute atomic E-state index is 0.136. The van der Waals surface area contributed by atoms with Crippen LogP contribution in [0.2, 0.25) is 10.2 Å². The summed E-state index contributed by atoms with van der Waals surface area (Å²) >= 11 is 11.2. The summed E-state index contributed by atoms with van der Waals surface area (Å²) in [5, 5.41) is 0.307. The molecule has 0 saturated carbocycles. The van der Waals surface area contributed by atoms with Crippen LogP contribution in [0.25, 0.3) is 0 Å². The Bertz CT molecular complexity index is 389. The van der Waals surface area contributed by atoms with Crippen molar-refractivity contribution in [1.29, 1.82) is 0 Å². The van der Waals surface area contributed by atoms with Crippen LogP contribution in [0.3, 0.4) is 0 Å². The molecule has 96 valence electrons. The number of aromatic nitrogens is 1. The van der Waals surface area contributed by atoms with Crippen LogP contribution in [0.1, 0.15) is 5.56 Å². The van der Waals surface area contributed by atoms with E-state index in [2.05, 4.69) is 9.72 Å². The van der Waals surface area contributed by atoms with Gasteiger partial charge in [-0.15, -0.1) is 0 Å². The minimum Gasteiger partial charge on any atom is -0.370 e. The van der Waals surface area contributed by atoms with Crippen LogP contribution in [0.4, 0.5) is 17.6 Å². The predicted molar refractivity (Wildman–Crippen MR) is 54.9 cm³/mol. The van der Waals surface area contributed by atoms with Crippen LogP contribution in [0, 0.1) is 0 Å². The molecule has 0 atom stereocenters. The fourth-order valence-corrected chi connectivity index (χ4v) is 1.32. The maximum atomic E-state index is 12.5. The SMILES string of the molecule is FC(F)C(F)(F)COCc1cnc(Cl)cc1Cl. The number of pyridine rings is 1. The highest BCUT2D eigenvalue weighted by Crippen LogP contribution is 2.24. The summed E-state index contributed by atoms with van der Waals surface area (Å²) in [4.78, 5) is 3.66. The van der Waals surface area contributed by atoms with Crippen molar-refractivity contribution in [2.24, 2.45) is 0 Å². The van der Waals surface area contributed by atoms with E-state index in [1.807, 2.05) is 0 Å². The average Bonchev–Trinajstić information content (AvgIpc) is 2.21. The standard InChI is InChI=1S/C9H7Cl2F4NO/c10-6-1-7(11)16-2-5(6)3-17-4-9(14,15)8(12)13/h1-2,8H,3-4H2. The van der Waals surface area contributed by atoms with Crippen molar-refractivity contribution in [3.05, 3.63) is 28.0 Å². The fourth-order valence-electron chi connectivity index (χ4n) is 0.902. The summed E-state index contributed by atoms with van der Waals surface area (Å²) in [7, 11) is 0. The van der Waals surface area contributed by atoms with Crippen molar-refractivity contribution < 1.29 is 22.3 Å². The lowest BCUT2D eigenvalue weighted by molar-refractivity contribution is -0.168. The summed E-state index contributed by atoms with van der Waals surface area (Å²) in [5.41, 5.74) is 0.293. The highest BCUT2D eigenvalue weighted by molar-refractivity contribution is 6.34. The van der Waals surface area contributed by atoms with Gasteiger partial charge in [0.15, 0.2) is 0 Å². The molecule has 0 spiro atoms. The smallest absolute Gasteiger partial charge is 0.330 e. The molecule has 0 unspecified atom stereocenters. The van der Waals surface area contributed by atoms with Gasteiger partial charge in [0.05, 0.1) is 11.6 Å². The summed E-state index contributed by atoms with van der Waals surface area (Å²) < 4.78 is 53.0. The van der Waals surface area contributed by atoms with Gasteiger partial charge in [-0.1, -0.05) is 23.2 Å². The Morgan fingerprint density at radius 1 is 1.35 bits per heavy atom. The molecule has 0 aliphatic heterocycles. The third kappa shape index (κ3) is 4.29. The molecule has 0 amide bonds. The molecule has 1 heterocycles. The van der Waals surface area contributed by atoms with E-state index in [0.717, 1.165) is 0 Å². The van der Waals surface area contributed by atoms with Crippen molar-refractivity contribution >= 4 is 23.2 Å². The zero-order valence-electron chi connectivity index (χ0n) is 8.27. The van der Waals surface area contributed by atoms with Gasteiger partial charge in [0.2, 0.25) is 0 Å². The van der Waals surface area contributed by atoms with Gasteiger partial charge < -0.3 is 4.74 Å². The van der Waals surface area contributed by atoms with Crippen molar-refractivity contribution in [3.63, 3.8) is 0 Å². The molecule has 1 aromatic heterocycles. The van der Waals surface area contributed by atoms with Crippen LogP contribution >= 0.6 is 23.2 Å². The number of hydrogen-bond acceptors (Lipinski definition) is 2. The van der Waals surface area contributed by atoms with E-state index >= 15 is 0 Å². The lowest BCUT2D eigenvalue weighted by atomic mass is 10.3. The van der Waals surface area contributed by atoms with Gasteiger partial charge in [-0.05, 0) is 6.07 Å². The summed E-state index contributed by atoms with van der Waals surface area (Å²) in [6.07, 6.45) is -2.54. The van der Waals surface area contributed by atoms with Gasteiger partial charge >= 0.3 is 12.3 Å². The molecule has 0 aromatic carbocycles. The summed E-state index contributed by atoms with van der Waals surface area (Å²) in [6, 6.07) is 1.30. The monoisotopic (exact) mass is 291 g/mol. The van der Waals surface area contributed by atoms with Crippen molar-refractivity contribution in [2.75, 3.05) is 6.61 Å². The minimum atomic E-state index is -4.17. The summed E-state index contributed by atoms with van der Waals surface area (Å²) in [6.45, 7) is -1.73. The number of halogens is 6. The molecule has 0 aliphatic rings. The third-order valence-electron chi connectivity index (χ3n) is 1.77. The van der Waals surface area contributed by atoms with Crippen LogP contribution in [-0.4, -0.2) is 23.9 Å². The topological polar surface area (TPSA) is 22.1 Å². The maximum Gasteiger partial charge on any atom is 0.330 e. The number of nitrogens with zero attached hydrogens (tertiary/aromatic N) is 1. The summed E-state index contributed by atoms with van der Waals surface area (Å²) in [5.74, 6) is -4.17. The molecule has 17 heavy (non-hydrogen) atoms. The van der Waals surface area contributed by atoms with Crippen molar-refractivity contribution in [3.8, 4) is 0 Å². The molecule has 2 nitrogen and oxygen atoms in total. The predicted octanol–water partition coefficient (Wildman–Crippen LogP) is 3.81. The van der Waals surface area contributed by atoms with Gasteiger partial charge in [-0.2, -0.15) is 8.78 Å². The zero-order valence-corrected chi connectivity index (χ0v) is 9.78. The molecule has 0 aliphatic carbocycles. The van der Waals surface area contributed by atoms with E-state index in [1.165, 1.54) is 12.3 Å². The largest absolute Gasteiger partial charge is 0.370 e. The molecule has 1 aromatic rings. The number of ether oxygens (including phenoxy) is 1. The third-order valence-corrected chi connectivity index (χ3v) is 2.33. The van der Waals surface area contributed by atoms with Crippen molar-refractivity contribution in [1.82, 2.24) is 4.98 Å². The molecular weight excluding hydrogens is 285 g/mol. The van der Waals surface area contributed by atoms with E-state index in [0.29, 0.717) is 5.56 Å². The average molecular weight is 292 g/mol. The molecule has 0 fully saturated rings. The molecule has 1 rings (SSSR count). The van der Waals surface area contributed by atoms with Gasteiger partial charge in [-0.25, -0.2) is 13.8 Å². The highest BCUT2D eigenvalue weighted by Gasteiger charge is 2.40. The Labute approximate surface area is 104 Å². The molecular formula is C9H7Cl2F4NO. The molecule has 0 saturated heterocycles. The lowest BCUT2D eigenvalue weighted by Gasteiger charge is -2.15. The van der Waals surface area contributed by atoms with Crippen LogP contribution in [-0.2, 0) is 11.3 Å². The van der Waals surface area contributed by atoms with Gasteiger partial charge in [0.1, 0.15) is 11.8 Å². The first-order valence-corrected chi connectivity index (χ1v) is 5.12. The zero-order chi connectivity index (χ0) is 13.1. The quantitative estimate of drug-likeness (QED) is 0.608. The first-order valence-electron chi connectivity index (χ1n) is 4.36. The fraction of sp³-hybridized carbons (Fsp3) is 0.444. The first kappa shape index (κ1) is 14.5. The van der Waals surface area contributed by atoms with Crippen LogP contribution < -0.4 is 0 Å². The highest BCUT2D eigenvalue weighted by atomic mass is 35.5. The molecule has 0 N–H and O–H groups in total. The second-order valence-electron chi connectivity index (χ2n) is 3.15. The van der Waals surface area contributed by atoms with Crippen LogP contribution in [0.5, 0.6) is 0 Å². The Kier molecular flexibility index (Phi) is 4.97. The van der Waals surface area contributed by atoms with E-state index < -0.39 is 19.0 Å². The Morgan fingerprint density at radius 2 is 2.00 bits per heavy atom. The van der Waals surface area contributed by atoms with E-state index in [1.54, 1.807) is 0 Å². The molecule has 0 radical (unpaired) electrons. The first-order chi connectivity index (χ1) is 7.83. The van der Waals surface area contributed by atoms with Gasteiger partial charge in [0, 0.05) is 11.8 Å². The molecule has 0 bridgehead atoms. The Morgan fingerprint density at radius 3 is 2.53 bits per heavy atom.